The van der Waals surface area contributed by atoms with Gasteiger partial charge < -0.3 is 9.88 Å². The summed E-state index contributed by atoms with van der Waals surface area (Å²) in [7, 11) is 1.76. The van der Waals surface area contributed by atoms with Crippen LogP contribution in [0.1, 0.15) is 26.8 Å². The van der Waals surface area contributed by atoms with Crippen LogP contribution in [-0.2, 0) is 0 Å². The molecule has 2 aromatic heterocycles. The van der Waals surface area contributed by atoms with Gasteiger partial charge in [0, 0.05) is 52.3 Å². The van der Waals surface area contributed by atoms with E-state index in [0.717, 1.165) is 21.3 Å². The third-order valence-electron chi connectivity index (χ3n) is 4.76. The number of rotatable bonds is 5. The molecule has 28 heavy (non-hydrogen) atoms. The number of fused-ring (bicyclic) bond motifs is 1. The van der Waals surface area contributed by atoms with Gasteiger partial charge >= 0.3 is 0 Å². The number of hydrogen-bond donors (Lipinski definition) is 1. The molecule has 1 amide bonds. The van der Waals surface area contributed by atoms with Gasteiger partial charge in [0.05, 0.1) is 11.0 Å². The normalized spacial score (nSPS) is 12.0. The van der Waals surface area contributed by atoms with Crippen LogP contribution in [0.15, 0.2) is 72.2 Å². The van der Waals surface area contributed by atoms with Gasteiger partial charge in [-0.05, 0) is 29.6 Å². The second-order valence-electron chi connectivity index (χ2n) is 6.43. The van der Waals surface area contributed by atoms with Crippen LogP contribution in [-0.4, -0.2) is 27.8 Å². The van der Waals surface area contributed by atoms with Gasteiger partial charge in [-0.1, -0.05) is 24.3 Å². The zero-order valence-corrected chi connectivity index (χ0v) is 15.8. The summed E-state index contributed by atoms with van der Waals surface area (Å²) < 4.78 is 0. The van der Waals surface area contributed by atoms with E-state index in [4.69, 9.17) is 0 Å². The number of amides is 1. The smallest absolute Gasteiger partial charge is 0.269 e. The Kier molecular flexibility index (Phi) is 4.67. The number of H-pyrrole nitrogens is 1. The number of aromatic amines is 1. The highest BCUT2D eigenvalue weighted by Crippen LogP contribution is 2.36. The molecule has 0 saturated heterocycles. The van der Waals surface area contributed by atoms with Gasteiger partial charge in [0.25, 0.3) is 11.6 Å². The number of thiophene rings is 1. The highest BCUT2D eigenvalue weighted by Gasteiger charge is 2.27. The first kappa shape index (κ1) is 17.9. The number of hydrogen-bond acceptors (Lipinski definition) is 4. The first-order chi connectivity index (χ1) is 13.6. The molecule has 1 unspecified atom stereocenters. The van der Waals surface area contributed by atoms with Crippen LogP contribution in [0, 0.1) is 10.1 Å². The van der Waals surface area contributed by atoms with E-state index in [0.29, 0.717) is 5.56 Å². The lowest BCUT2D eigenvalue weighted by Crippen LogP contribution is -2.31. The van der Waals surface area contributed by atoms with E-state index in [2.05, 4.69) is 4.98 Å². The number of nitrogens with one attached hydrogen (secondary N) is 1. The van der Waals surface area contributed by atoms with Gasteiger partial charge in [0.1, 0.15) is 0 Å². The summed E-state index contributed by atoms with van der Waals surface area (Å²) in [4.78, 5) is 29.5. The third kappa shape index (κ3) is 3.16. The molecule has 0 aliphatic heterocycles. The summed E-state index contributed by atoms with van der Waals surface area (Å²) >= 11 is 1.59. The molecule has 0 radical (unpaired) electrons. The second-order valence-corrected chi connectivity index (χ2v) is 7.41. The molecule has 0 bridgehead atoms. The highest BCUT2D eigenvalue weighted by atomic mass is 32.1. The number of para-hydroxylation sites is 1. The van der Waals surface area contributed by atoms with Crippen molar-refractivity contribution in [1.29, 1.82) is 0 Å². The second kappa shape index (κ2) is 7.28. The minimum absolute atomic E-state index is 0.0364. The van der Waals surface area contributed by atoms with Crippen molar-refractivity contribution in [2.75, 3.05) is 7.05 Å². The Hall–Kier alpha value is -3.45. The fourth-order valence-corrected chi connectivity index (χ4v) is 4.25. The largest absolute Gasteiger partial charge is 0.361 e. The molecule has 2 aromatic carbocycles. The van der Waals surface area contributed by atoms with Crippen LogP contribution in [0.4, 0.5) is 5.69 Å². The van der Waals surface area contributed by atoms with E-state index in [9.17, 15) is 14.9 Å². The minimum Gasteiger partial charge on any atom is -0.361 e. The van der Waals surface area contributed by atoms with Crippen molar-refractivity contribution >= 4 is 33.8 Å². The number of carbonyl (C=O) groups excluding carboxylic acids is 1. The summed E-state index contributed by atoms with van der Waals surface area (Å²) in [5.41, 5.74) is 2.39. The molecular formula is C21H17N3O3S. The van der Waals surface area contributed by atoms with Gasteiger partial charge in [-0.25, -0.2) is 0 Å². The maximum Gasteiger partial charge on any atom is 0.269 e. The van der Waals surface area contributed by atoms with E-state index in [1.54, 1.807) is 23.3 Å². The number of nitro benzene ring substituents is 1. The molecular weight excluding hydrogens is 374 g/mol. The monoisotopic (exact) mass is 391 g/mol. The molecule has 0 aliphatic carbocycles. The Morgan fingerprint density at radius 2 is 1.86 bits per heavy atom. The van der Waals surface area contributed by atoms with Crippen LogP contribution >= 0.6 is 11.3 Å². The summed E-state index contributed by atoms with van der Waals surface area (Å²) in [6, 6.07) is 17.4. The average molecular weight is 391 g/mol. The van der Waals surface area contributed by atoms with Gasteiger partial charge in [-0.3, -0.25) is 14.9 Å². The standard InChI is InChI=1S/C21H17N3O3S/c1-23(21(25)14-8-10-15(11-9-14)24(26)27)20(19-7-4-12-28-19)17-13-22-18-6-3-2-5-16(17)18/h2-13,20,22H,1H3. The maximum absolute atomic E-state index is 13.1. The first-order valence-electron chi connectivity index (χ1n) is 8.67. The average Bonchev–Trinajstić information content (AvgIpc) is 3.39. The van der Waals surface area contributed by atoms with Crippen molar-refractivity contribution in [3.05, 3.63) is 98.4 Å². The first-order valence-corrected chi connectivity index (χ1v) is 9.55. The molecule has 4 rings (SSSR count). The number of aromatic nitrogens is 1. The Labute approximate surface area is 165 Å². The van der Waals surface area contributed by atoms with E-state index < -0.39 is 4.92 Å². The number of non-ortho nitro benzene ring substituents is 1. The molecule has 0 spiro atoms. The van der Waals surface area contributed by atoms with Crippen molar-refractivity contribution in [1.82, 2.24) is 9.88 Å². The molecule has 4 aromatic rings. The van der Waals surface area contributed by atoms with Gasteiger partial charge in [-0.2, -0.15) is 0 Å². The fraction of sp³-hybridized carbons (Fsp3) is 0.0952. The Balaban J connectivity index is 1.74. The molecule has 0 fully saturated rings. The molecule has 1 N–H and O–H groups in total. The van der Waals surface area contributed by atoms with E-state index >= 15 is 0 Å². The molecule has 1 atom stereocenters. The molecule has 7 heteroatoms. The lowest BCUT2D eigenvalue weighted by molar-refractivity contribution is -0.384. The van der Waals surface area contributed by atoms with Crippen LogP contribution in [0.3, 0.4) is 0 Å². The Morgan fingerprint density at radius 3 is 2.54 bits per heavy atom. The molecule has 0 saturated carbocycles. The highest BCUT2D eigenvalue weighted by molar-refractivity contribution is 7.10. The number of carbonyl (C=O) groups is 1. The van der Waals surface area contributed by atoms with Gasteiger partial charge in [0.15, 0.2) is 0 Å². The van der Waals surface area contributed by atoms with Crippen molar-refractivity contribution in [3.63, 3.8) is 0 Å². The van der Waals surface area contributed by atoms with Crippen molar-refractivity contribution in [3.8, 4) is 0 Å². The van der Waals surface area contributed by atoms with E-state index in [-0.39, 0.29) is 17.6 Å². The zero-order valence-electron chi connectivity index (χ0n) is 15.0. The van der Waals surface area contributed by atoms with Crippen molar-refractivity contribution in [2.45, 2.75) is 6.04 Å². The van der Waals surface area contributed by atoms with Gasteiger partial charge in [-0.15, -0.1) is 11.3 Å². The predicted octanol–water partition coefficient (Wildman–Crippen LogP) is 5.00. The topological polar surface area (TPSA) is 79.2 Å². The van der Waals surface area contributed by atoms with Crippen LogP contribution in [0.5, 0.6) is 0 Å². The summed E-state index contributed by atoms with van der Waals surface area (Å²) in [6.07, 6.45) is 1.94. The zero-order chi connectivity index (χ0) is 19.7. The van der Waals surface area contributed by atoms with Crippen LogP contribution in [0.25, 0.3) is 10.9 Å². The predicted molar refractivity (Wildman–Crippen MR) is 110 cm³/mol. The van der Waals surface area contributed by atoms with Crippen LogP contribution < -0.4 is 0 Å². The Bertz CT molecular complexity index is 1130. The SMILES string of the molecule is CN(C(=O)c1ccc([N+](=O)[O-])cc1)C(c1cccs1)c1c[nH]c2ccccc12. The lowest BCUT2D eigenvalue weighted by Gasteiger charge is -2.27. The van der Waals surface area contributed by atoms with Gasteiger partial charge in [0.2, 0.25) is 0 Å². The minimum atomic E-state index is -0.474. The Morgan fingerprint density at radius 1 is 1.11 bits per heavy atom. The van der Waals surface area contributed by atoms with Crippen molar-refractivity contribution < 1.29 is 9.72 Å². The number of benzene rings is 2. The maximum atomic E-state index is 13.1. The molecule has 140 valence electrons. The molecule has 6 nitrogen and oxygen atoms in total. The quantitative estimate of drug-likeness (QED) is 0.384. The number of nitrogens with zero attached hydrogens (tertiary/aromatic N) is 2. The summed E-state index contributed by atoms with van der Waals surface area (Å²) in [5, 5.41) is 13.9. The van der Waals surface area contributed by atoms with E-state index in [1.807, 2.05) is 48.0 Å². The third-order valence-corrected chi connectivity index (χ3v) is 5.69. The van der Waals surface area contributed by atoms with Crippen molar-refractivity contribution in [2.24, 2.45) is 0 Å². The lowest BCUT2D eigenvalue weighted by atomic mass is 10.0. The summed E-state index contributed by atoms with van der Waals surface area (Å²) in [5.74, 6) is -0.196. The number of nitro groups is 1. The van der Waals surface area contributed by atoms with Crippen LogP contribution in [0.2, 0.25) is 0 Å². The molecule has 2 heterocycles. The fourth-order valence-electron chi connectivity index (χ4n) is 3.37. The molecule has 0 aliphatic rings. The van der Waals surface area contributed by atoms with E-state index in [1.165, 1.54) is 24.3 Å². The summed E-state index contributed by atoms with van der Waals surface area (Å²) in [6.45, 7) is 0.